The molecule has 0 bridgehead atoms. The molecule has 0 aliphatic carbocycles. The highest BCUT2D eigenvalue weighted by Gasteiger charge is 2.25. The maximum Gasteiger partial charge on any atom is 0.253 e. The number of nitrogens with zero attached hydrogens (tertiary/aromatic N) is 2. The maximum absolute atomic E-state index is 12.5. The van der Waals surface area contributed by atoms with Crippen LogP contribution in [-0.4, -0.2) is 61.6 Å². The highest BCUT2D eigenvalue weighted by atomic mass is 16.5. The molecule has 1 atom stereocenters. The number of amides is 1. The van der Waals surface area contributed by atoms with Gasteiger partial charge in [-0.25, -0.2) is 0 Å². The molecule has 0 unspecified atom stereocenters. The number of benzene rings is 1. The molecule has 1 amide bonds. The fourth-order valence-electron chi connectivity index (χ4n) is 3.16. The highest BCUT2D eigenvalue weighted by molar-refractivity contribution is 5.94. The standard InChI is InChI=1S/C17H25N3O2/c18-11-15-5-6-20(13-15)17(21)16-3-1-14(2-4-16)12-19-7-9-22-10-8-19/h1-4,15H,5-13,18H2/t15-/m1/s1. The van der Waals surface area contributed by atoms with Gasteiger partial charge in [-0.1, -0.05) is 12.1 Å². The molecule has 2 aliphatic heterocycles. The van der Waals surface area contributed by atoms with Crippen molar-refractivity contribution in [3.05, 3.63) is 35.4 Å². The number of ether oxygens (including phenoxy) is 1. The minimum absolute atomic E-state index is 0.133. The van der Waals surface area contributed by atoms with Crippen molar-refractivity contribution in [3.63, 3.8) is 0 Å². The van der Waals surface area contributed by atoms with E-state index < -0.39 is 0 Å². The van der Waals surface area contributed by atoms with Crippen molar-refractivity contribution in [1.29, 1.82) is 0 Å². The van der Waals surface area contributed by atoms with Gasteiger partial charge >= 0.3 is 0 Å². The van der Waals surface area contributed by atoms with Crippen LogP contribution in [-0.2, 0) is 11.3 Å². The predicted octanol–water partition coefficient (Wildman–Crippen LogP) is 0.940. The number of morpholine rings is 1. The molecule has 2 fully saturated rings. The Hall–Kier alpha value is -1.43. The molecule has 2 saturated heterocycles. The van der Waals surface area contributed by atoms with E-state index in [1.54, 1.807) is 0 Å². The maximum atomic E-state index is 12.5. The molecule has 1 aromatic rings. The second kappa shape index (κ2) is 7.22. The SMILES string of the molecule is NC[C@H]1CCN(C(=O)c2ccc(CN3CCOCC3)cc2)C1. The predicted molar refractivity (Wildman–Crippen MR) is 85.6 cm³/mol. The Bertz CT molecular complexity index is 497. The largest absolute Gasteiger partial charge is 0.379 e. The molecular weight excluding hydrogens is 278 g/mol. The van der Waals surface area contributed by atoms with Gasteiger partial charge in [0.15, 0.2) is 0 Å². The van der Waals surface area contributed by atoms with Gasteiger partial charge in [0, 0.05) is 38.3 Å². The molecule has 2 aliphatic rings. The molecule has 0 radical (unpaired) electrons. The van der Waals surface area contributed by atoms with Gasteiger partial charge in [0.05, 0.1) is 13.2 Å². The summed E-state index contributed by atoms with van der Waals surface area (Å²) in [6, 6.07) is 8.04. The van der Waals surface area contributed by atoms with Crippen LogP contribution >= 0.6 is 0 Å². The molecule has 1 aromatic carbocycles. The Labute approximate surface area is 132 Å². The van der Waals surface area contributed by atoms with Crippen molar-refractivity contribution in [2.24, 2.45) is 11.7 Å². The normalized spacial score (nSPS) is 23.0. The van der Waals surface area contributed by atoms with E-state index in [0.29, 0.717) is 12.5 Å². The quantitative estimate of drug-likeness (QED) is 0.899. The minimum Gasteiger partial charge on any atom is -0.379 e. The Morgan fingerprint density at radius 3 is 2.55 bits per heavy atom. The van der Waals surface area contributed by atoms with E-state index in [2.05, 4.69) is 17.0 Å². The van der Waals surface area contributed by atoms with Crippen molar-refractivity contribution in [2.75, 3.05) is 45.9 Å². The zero-order valence-corrected chi connectivity index (χ0v) is 13.0. The zero-order valence-electron chi connectivity index (χ0n) is 13.0. The summed E-state index contributed by atoms with van der Waals surface area (Å²) in [4.78, 5) is 16.8. The van der Waals surface area contributed by atoms with Crippen molar-refractivity contribution in [1.82, 2.24) is 9.80 Å². The molecule has 5 heteroatoms. The lowest BCUT2D eigenvalue weighted by atomic mass is 10.1. The molecule has 2 heterocycles. The first-order valence-electron chi connectivity index (χ1n) is 8.14. The van der Waals surface area contributed by atoms with Crippen molar-refractivity contribution < 1.29 is 9.53 Å². The summed E-state index contributed by atoms with van der Waals surface area (Å²) in [6.07, 6.45) is 1.03. The molecular formula is C17H25N3O2. The lowest BCUT2D eigenvalue weighted by Crippen LogP contribution is -2.35. The smallest absolute Gasteiger partial charge is 0.253 e. The van der Waals surface area contributed by atoms with Gasteiger partial charge in [0.2, 0.25) is 0 Å². The number of hydrogen-bond donors (Lipinski definition) is 1. The summed E-state index contributed by atoms with van der Waals surface area (Å²) in [5.74, 6) is 0.596. The highest BCUT2D eigenvalue weighted by Crippen LogP contribution is 2.18. The second-order valence-electron chi connectivity index (χ2n) is 6.23. The van der Waals surface area contributed by atoms with Crippen molar-refractivity contribution >= 4 is 5.91 Å². The van der Waals surface area contributed by atoms with Crippen LogP contribution in [0, 0.1) is 5.92 Å². The van der Waals surface area contributed by atoms with Crippen LogP contribution < -0.4 is 5.73 Å². The number of carbonyl (C=O) groups excluding carboxylic acids is 1. The first-order chi connectivity index (χ1) is 10.8. The molecule has 0 saturated carbocycles. The summed E-state index contributed by atoms with van der Waals surface area (Å²) >= 11 is 0. The summed E-state index contributed by atoms with van der Waals surface area (Å²) in [5, 5.41) is 0. The second-order valence-corrected chi connectivity index (χ2v) is 6.23. The van der Waals surface area contributed by atoms with E-state index in [9.17, 15) is 4.79 Å². The zero-order chi connectivity index (χ0) is 15.4. The van der Waals surface area contributed by atoms with Gasteiger partial charge in [0.1, 0.15) is 0 Å². The third-order valence-electron chi connectivity index (χ3n) is 4.62. The monoisotopic (exact) mass is 303 g/mol. The van der Waals surface area contributed by atoms with Gasteiger partial charge in [-0.3, -0.25) is 9.69 Å². The molecule has 5 nitrogen and oxygen atoms in total. The Balaban J connectivity index is 1.57. The van der Waals surface area contributed by atoms with E-state index in [1.165, 1.54) is 5.56 Å². The molecule has 3 rings (SSSR count). The van der Waals surface area contributed by atoms with E-state index in [-0.39, 0.29) is 5.91 Å². The van der Waals surface area contributed by atoms with Crippen LogP contribution in [0.25, 0.3) is 0 Å². The first-order valence-corrected chi connectivity index (χ1v) is 8.14. The molecule has 2 N–H and O–H groups in total. The average molecular weight is 303 g/mol. The van der Waals surface area contributed by atoms with E-state index >= 15 is 0 Å². The molecule has 120 valence electrons. The first kappa shape index (κ1) is 15.5. The Morgan fingerprint density at radius 2 is 1.91 bits per heavy atom. The Kier molecular flexibility index (Phi) is 5.08. The van der Waals surface area contributed by atoms with Crippen molar-refractivity contribution in [2.45, 2.75) is 13.0 Å². The number of nitrogens with two attached hydrogens (primary N) is 1. The minimum atomic E-state index is 0.133. The van der Waals surface area contributed by atoms with Gasteiger partial charge < -0.3 is 15.4 Å². The van der Waals surface area contributed by atoms with Crippen LogP contribution in [0.5, 0.6) is 0 Å². The van der Waals surface area contributed by atoms with Crippen LogP contribution in [0.1, 0.15) is 22.3 Å². The lowest BCUT2D eigenvalue weighted by molar-refractivity contribution is 0.0342. The van der Waals surface area contributed by atoms with Crippen molar-refractivity contribution in [3.8, 4) is 0 Å². The number of likely N-dealkylation sites (tertiary alicyclic amines) is 1. The van der Waals surface area contributed by atoms with Crippen LogP contribution in [0.4, 0.5) is 0 Å². The average Bonchev–Trinajstić information content (AvgIpc) is 3.05. The topological polar surface area (TPSA) is 58.8 Å². The molecule has 0 spiro atoms. The third kappa shape index (κ3) is 3.66. The molecule has 22 heavy (non-hydrogen) atoms. The number of rotatable bonds is 4. The van der Waals surface area contributed by atoms with E-state index in [1.807, 2.05) is 17.0 Å². The fourth-order valence-corrected chi connectivity index (χ4v) is 3.16. The summed E-state index contributed by atoms with van der Waals surface area (Å²) in [7, 11) is 0. The summed E-state index contributed by atoms with van der Waals surface area (Å²) in [5.41, 5.74) is 7.72. The van der Waals surface area contributed by atoms with Gasteiger partial charge in [-0.15, -0.1) is 0 Å². The van der Waals surface area contributed by atoms with Crippen LogP contribution in [0.15, 0.2) is 24.3 Å². The third-order valence-corrected chi connectivity index (χ3v) is 4.62. The number of carbonyl (C=O) groups is 1. The van der Waals surface area contributed by atoms with E-state index in [4.69, 9.17) is 10.5 Å². The summed E-state index contributed by atoms with van der Waals surface area (Å²) < 4.78 is 5.36. The van der Waals surface area contributed by atoms with Crippen LogP contribution in [0.2, 0.25) is 0 Å². The van der Waals surface area contributed by atoms with Gasteiger partial charge in [0.25, 0.3) is 5.91 Å². The Morgan fingerprint density at radius 1 is 1.18 bits per heavy atom. The van der Waals surface area contributed by atoms with Crippen LogP contribution in [0.3, 0.4) is 0 Å². The fraction of sp³-hybridized carbons (Fsp3) is 0.588. The summed E-state index contributed by atoms with van der Waals surface area (Å²) in [6.45, 7) is 6.81. The number of hydrogen-bond acceptors (Lipinski definition) is 4. The van der Waals surface area contributed by atoms with E-state index in [0.717, 1.165) is 57.9 Å². The van der Waals surface area contributed by atoms with Gasteiger partial charge in [-0.05, 0) is 36.6 Å². The van der Waals surface area contributed by atoms with Gasteiger partial charge in [-0.2, -0.15) is 0 Å². The molecule has 0 aromatic heterocycles. The lowest BCUT2D eigenvalue weighted by Gasteiger charge is -2.26.